The summed E-state index contributed by atoms with van der Waals surface area (Å²) in [6.07, 6.45) is 0. The number of rotatable bonds is 3. The molecule has 2 rings (SSSR count). The van der Waals surface area contributed by atoms with Crippen molar-refractivity contribution in [1.29, 1.82) is 0 Å². The second-order valence-corrected chi connectivity index (χ2v) is 8.12. The van der Waals surface area contributed by atoms with E-state index >= 15 is 0 Å². The molecule has 0 spiro atoms. The van der Waals surface area contributed by atoms with Crippen molar-refractivity contribution in [1.82, 2.24) is 5.09 Å². The third-order valence-electron chi connectivity index (χ3n) is 2.73. The van der Waals surface area contributed by atoms with E-state index in [2.05, 4.69) is 5.09 Å². The number of benzene rings is 2. The van der Waals surface area contributed by atoms with Gasteiger partial charge >= 0.3 is 0 Å². The Bertz CT molecular complexity index is 529. The van der Waals surface area contributed by atoms with Gasteiger partial charge in [-0.05, 0) is 45.0 Å². The third-order valence-corrected chi connectivity index (χ3v) is 5.77. The molecule has 19 heavy (non-hydrogen) atoms. The summed E-state index contributed by atoms with van der Waals surface area (Å²) < 4.78 is 13.5. The molecule has 0 radical (unpaired) electrons. The van der Waals surface area contributed by atoms with Crippen LogP contribution in [0.3, 0.4) is 0 Å². The topological polar surface area (TPSA) is 29.1 Å². The molecule has 0 aromatic heterocycles. The summed E-state index contributed by atoms with van der Waals surface area (Å²) in [7, 11) is -2.80. The summed E-state index contributed by atoms with van der Waals surface area (Å²) >= 11 is 0. The van der Waals surface area contributed by atoms with Crippen molar-refractivity contribution in [2.24, 2.45) is 0 Å². The molecule has 0 bridgehead atoms. The van der Waals surface area contributed by atoms with Crippen LogP contribution in [0.5, 0.6) is 0 Å². The van der Waals surface area contributed by atoms with Gasteiger partial charge in [-0.2, -0.15) is 0 Å². The van der Waals surface area contributed by atoms with Crippen LogP contribution in [0.4, 0.5) is 0 Å². The lowest BCUT2D eigenvalue weighted by Crippen LogP contribution is -2.39. The first kappa shape index (κ1) is 14.0. The molecule has 100 valence electrons. The van der Waals surface area contributed by atoms with Crippen LogP contribution in [-0.4, -0.2) is 5.54 Å². The summed E-state index contributed by atoms with van der Waals surface area (Å²) in [6, 6.07) is 19.3. The van der Waals surface area contributed by atoms with E-state index in [-0.39, 0.29) is 5.54 Å². The Morgan fingerprint density at radius 1 is 0.789 bits per heavy atom. The molecule has 0 aliphatic rings. The highest BCUT2D eigenvalue weighted by atomic mass is 31.2. The van der Waals surface area contributed by atoms with Crippen LogP contribution >= 0.6 is 7.29 Å². The van der Waals surface area contributed by atoms with Crippen LogP contribution in [-0.2, 0) is 4.57 Å². The minimum Gasteiger partial charge on any atom is -0.297 e. The average molecular weight is 273 g/mol. The van der Waals surface area contributed by atoms with Crippen molar-refractivity contribution in [3.63, 3.8) is 0 Å². The molecule has 0 saturated heterocycles. The number of nitrogens with one attached hydrogen (secondary N) is 1. The van der Waals surface area contributed by atoms with Gasteiger partial charge in [0, 0.05) is 16.1 Å². The van der Waals surface area contributed by atoms with Crippen LogP contribution in [0.2, 0.25) is 0 Å². The molecule has 2 aromatic carbocycles. The first-order valence-electron chi connectivity index (χ1n) is 6.42. The molecule has 0 aliphatic carbocycles. The normalized spacial score (nSPS) is 12.4. The second-order valence-electron chi connectivity index (χ2n) is 5.64. The Morgan fingerprint density at radius 2 is 1.16 bits per heavy atom. The maximum atomic E-state index is 13.5. The van der Waals surface area contributed by atoms with Crippen molar-refractivity contribution in [3.05, 3.63) is 60.7 Å². The standard InChI is InChI=1S/C16H20NOP/c1-16(2,3)17-19(18,14-10-6-4-7-11-14)15-12-8-5-9-13-15/h4-13H,1-3H3,(H,17,18). The Hall–Kier alpha value is -1.37. The monoisotopic (exact) mass is 273 g/mol. The predicted molar refractivity (Wildman–Crippen MR) is 82.6 cm³/mol. The number of hydrogen-bond acceptors (Lipinski definition) is 1. The number of hydrogen-bond donors (Lipinski definition) is 1. The van der Waals surface area contributed by atoms with Crippen molar-refractivity contribution in [3.8, 4) is 0 Å². The van der Waals surface area contributed by atoms with Gasteiger partial charge < -0.3 is 0 Å². The first-order valence-corrected chi connectivity index (χ1v) is 8.13. The molecular weight excluding hydrogens is 253 g/mol. The smallest absolute Gasteiger partial charge is 0.205 e. The van der Waals surface area contributed by atoms with E-state index in [1.807, 2.05) is 81.4 Å². The van der Waals surface area contributed by atoms with Crippen molar-refractivity contribution >= 4 is 17.9 Å². The molecule has 2 aromatic rings. The Balaban J connectivity index is 2.55. The van der Waals surface area contributed by atoms with Gasteiger partial charge in [-0.25, -0.2) is 0 Å². The van der Waals surface area contributed by atoms with Gasteiger partial charge in [-0.1, -0.05) is 36.4 Å². The molecule has 0 unspecified atom stereocenters. The molecule has 2 nitrogen and oxygen atoms in total. The lowest BCUT2D eigenvalue weighted by Gasteiger charge is -2.29. The third kappa shape index (κ3) is 3.34. The molecule has 0 fully saturated rings. The van der Waals surface area contributed by atoms with E-state index in [1.165, 1.54) is 0 Å². The van der Waals surface area contributed by atoms with E-state index in [1.54, 1.807) is 0 Å². The molecular formula is C16H20NOP. The van der Waals surface area contributed by atoms with Crippen molar-refractivity contribution in [2.75, 3.05) is 0 Å². The fraction of sp³-hybridized carbons (Fsp3) is 0.250. The molecule has 0 aliphatic heterocycles. The molecule has 0 atom stereocenters. The predicted octanol–water partition coefficient (Wildman–Crippen LogP) is 3.30. The van der Waals surface area contributed by atoms with E-state index in [0.717, 1.165) is 10.6 Å². The highest BCUT2D eigenvalue weighted by Gasteiger charge is 2.31. The van der Waals surface area contributed by atoms with Crippen LogP contribution in [0.1, 0.15) is 20.8 Å². The summed E-state index contributed by atoms with van der Waals surface area (Å²) in [5.41, 5.74) is -0.221. The molecule has 0 saturated carbocycles. The Labute approximate surface area is 115 Å². The van der Waals surface area contributed by atoms with Crippen LogP contribution in [0, 0.1) is 0 Å². The zero-order valence-electron chi connectivity index (χ0n) is 11.6. The van der Waals surface area contributed by atoms with Crippen LogP contribution in [0.25, 0.3) is 0 Å². The molecule has 0 heterocycles. The van der Waals surface area contributed by atoms with Gasteiger partial charge in [0.25, 0.3) is 0 Å². The van der Waals surface area contributed by atoms with Gasteiger partial charge in [0.1, 0.15) is 0 Å². The van der Waals surface area contributed by atoms with Crippen molar-refractivity contribution in [2.45, 2.75) is 26.3 Å². The van der Waals surface area contributed by atoms with Crippen LogP contribution < -0.4 is 15.7 Å². The maximum absolute atomic E-state index is 13.5. The van der Waals surface area contributed by atoms with Gasteiger partial charge in [0.05, 0.1) is 0 Å². The van der Waals surface area contributed by atoms with Crippen LogP contribution in [0.15, 0.2) is 60.7 Å². The zero-order valence-corrected chi connectivity index (χ0v) is 12.5. The largest absolute Gasteiger partial charge is 0.297 e. The fourth-order valence-electron chi connectivity index (χ4n) is 2.03. The lowest BCUT2D eigenvalue weighted by molar-refractivity contribution is 0.499. The van der Waals surface area contributed by atoms with Crippen molar-refractivity contribution < 1.29 is 4.57 Å². The van der Waals surface area contributed by atoms with E-state index in [0.29, 0.717) is 0 Å². The SMILES string of the molecule is CC(C)(C)NP(=O)(c1ccccc1)c1ccccc1. The highest BCUT2D eigenvalue weighted by Crippen LogP contribution is 2.40. The highest BCUT2D eigenvalue weighted by molar-refractivity contribution is 7.77. The summed E-state index contributed by atoms with van der Waals surface area (Å²) in [4.78, 5) is 0. The van der Waals surface area contributed by atoms with Gasteiger partial charge in [0.15, 0.2) is 0 Å². The second kappa shape index (κ2) is 5.32. The summed E-state index contributed by atoms with van der Waals surface area (Å²) in [5.74, 6) is 0. The first-order chi connectivity index (χ1) is 8.92. The van der Waals surface area contributed by atoms with E-state index in [9.17, 15) is 4.57 Å². The van der Waals surface area contributed by atoms with E-state index in [4.69, 9.17) is 0 Å². The molecule has 3 heteroatoms. The molecule has 1 N–H and O–H groups in total. The van der Waals surface area contributed by atoms with Gasteiger partial charge in [0.2, 0.25) is 7.29 Å². The Kier molecular flexibility index (Phi) is 3.93. The van der Waals surface area contributed by atoms with E-state index < -0.39 is 7.29 Å². The minimum absolute atomic E-state index is 0.221. The summed E-state index contributed by atoms with van der Waals surface area (Å²) in [5, 5.41) is 5.01. The Morgan fingerprint density at radius 3 is 1.47 bits per heavy atom. The summed E-state index contributed by atoms with van der Waals surface area (Å²) in [6.45, 7) is 6.10. The molecule has 0 amide bonds. The lowest BCUT2D eigenvalue weighted by atomic mass is 10.1. The average Bonchev–Trinajstić information content (AvgIpc) is 2.39. The quantitative estimate of drug-likeness (QED) is 0.869. The van der Waals surface area contributed by atoms with Gasteiger partial charge in [-0.15, -0.1) is 0 Å². The minimum atomic E-state index is -2.80. The maximum Gasteiger partial charge on any atom is 0.205 e. The van der Waals surface area contributed by atoms with Gasteiger partial charge in [-0.3, -0.25) is 9.65 Å². The fourth-order valence-corrected chi connectivity index (χ4v) is 4.71. The zero-order chi connectivity index (χ0) is 13.9.